The van der Waals surface area contributed by atoms with Gasteiger partial charge in [0.2, 0.25) is 46.7 Å². The van der Waals surface area contributed by atoms with E-state index in [-0.39, 0.29) is 21.7 Å². The summed E-state index contributed by atoms with van der Waals surface area (Å²) in [4.78, 5) is 45.4. The molecule has 22 rings (SSSR count). The van der Waals surface area contributed by atoms with Crippen LogP contribution in [0.3, 0.4) is 0 Å². The molecule has 0 fully saturated rings. The number of aromatic nitrogens is 4. The summed E-state index contributed by atoms with van der Waals surface area (Å²) in [5.41, 5.74) is 43.8. The predicted molar refractivity (Wildman–Crippen MR) is 428 cm³/mol. The average Bonchev–Trinajstić information content (AvgIpc) is 1.55. The number of nitrogens with two attached hydrogens (primary N) is 4. The minimum atomic E-state index is -0.897. The zero-order chi connectivity index (χ0) is 79.0. The van der Waals surface area contributed by atoms with Gasteiger partial charge in [0.1, 0.15) is 23.0 Å². The second-order valence-electron chi connectivity index (χ2n) is 32.7. The third-order valence-corrected chi connectivity index (χ3v) is 27.6. The van der Waals surface area contributed by atoms with Gasteiger partial charge in [-0.3, -0.25) is 0 Å². The fraction of sp³-hybridized carbons (Fsp3) is 0.372. The van der Waals surface area contributed by atoms with Gasteiger partial charge in [-0.05, 0) is 223 Å². The Kier molecular flexibility index (Phi) is 16.9. The first-order valence-electron chi connectivity index (χ1n) is 38.5. The van der Waals surface area contributed by atoms with E-state index in [1.54, 1.807) is 34.3 Å². The van der Waals surface area contributed by atoms with Crippen LogP contribution in [0.15, 0.2) is 168 Å². The van der Waals surface area contributed by atoms with Gasteiger partial charge in [-0.25, -0.2) is 59.6 Å². The molecule has 12 aliphatic rings. The molecule has 8 atom stereocenters. The van der Waals surface area contributed by atoms with Gasteiger partial charge in [-0.15, -0.1) is 0 Å². The molecule has 0 saturated heterocycles. The fourth-order valence-electron chi connectivity index (χ4n) is 20.7. The van der Waals surface area contributed by atoms with Gasteiger partial charge in [0.15, 0.2) is 0 Å². The largest absolute Gasteiger partial charge is 0.368 e. The summed E-state index contributed by atoms with van der Waals surface area (Å²) in [6.45, 7) is 7.95. The highest BCUT2D eigenvalue weighted by Gasteiger charge is 2.68. The molecule has 4 aliphatic heterocycles. The van der Waals surface area contributed by atoms with E-state index in [0.29, 0.717) is 35.0 Å². The van der Waals surface area contributed by atoms with Crippen molar-refractivity contribution < 1.29 is 37.4 Å². The van der Waals surface area contributed by atoms with Crippen molar-refractivity contribution in [2.45, 2.75) is 153 Å². The molecule has 8 spiro atoms. The third kappa shape index (κ3) is 10.9. The highest BCUT2D eigenvalue weighted by molar-refractivity contribution is 9.10. The molecule has 10 aromatic rings. The molecule has 0 radical (unpaired) electrons. The quantitative estimate of drug-likeness (QED) is 0.125. The summed E-state index contributed by atoms with van der Waals surface area (Å²) in [5.74, 6) is 5.31. The van der Waals surface area contributed by atoms with Crippen molar-refractivity contribution in [2.24, 2.45) is 64.6 Å². The van der Waals surface area contributed by atoms with Crippen LogP contribution in [0.4, 0.5) is 0 Å². The molecule has 4 aromatic heterocycles. The van der Waals surface area contributed by atoms with Crippen LogP contribution < -0.4 is 22.9 Å². The molecule has 8 aliphatic carbocycles. The second kappa shape index (κ2) is 26.3. The van der Waals surface area contributed by atoms with Crippen LogP contribution in [0.5, 0.6) is 0 Å². The predicted octanol–water partition coefficient (Wildman–Crippen LogP) is 12.8. The van der Waals surface area contributed by atoms with Crippen LogP contribution in [-0.2, 0) is 119 Å². The minimum absolute atomic E-state index is 0.186. The minimum Gasteiger partial charge on any atom is -0.368 e. The van der Waals surface area contributed by atoms with Crippen LogP contribution in [-0.4, -0.2) is 92.9 Å². The molecule has 0 bridgehead atoms. The summed E-state index contributed by atoms with van der Waals surface area (Å²) in [6.07, 6.45) is 13.6. The van der Waals surface area contributed by atoms with Gasteiger partial charge in [-0.2, -0.15) is 10.5 Å². The van der Waals surface area contributed by atoms with Crippen LogP contribution in [0.1, 0.15) is 149 Å². The van der Waals surface area contributed by atoms with E-state index < -0.39 is 22.9 Å². The molecule has 8 N–H and O–H groups in total. The van der Waals surface area contributed by atoms with E-state index in [2.05, 4.69) is 137 Å². The van der Waals surface area contributed by atoms with Crippen LogP contribution in [0.25, 0.3) is 22.3 Å². The first-order valence-corrected chi connectivity index (χ1v) is 40.1. The standard InChI is InChI=1S/2C25H23N5O2.2C18H19BrN4O2/c1-15-20-13-24(9-8-22(20)29-31-15)12-19-7-6-18(17-5-3-4-16(10-17)14-26)11-21(19)25(24)28-23(27)30(2)32-25;1-15-20-13-24(9-8-22(20)31-29-15)12-19-7-6-18(17-5-3-4-16(10-17)14-26)11-21(19)25(24)28-23(27)30(2)32-25;1-10-13-9-17(6-5-15(13)22-24-10)8-11-3-4-12(19)7-14(11)18(17)21-16(20)23(2)25-18;1-10-13-9-17(6-5-15(13)24-22-10)8-11-3-4-12(19)7-14(11)18(17)21-16(20)23(2)25-18/h2*3-7,10-11H,8-9,12-13H2,1-2H3,(H2,27,28);2*3-4,7H,5-6,8-9H2,1-2H3,(H2,20,21). The average molecular weight is 1660 g/mol. The fourth-order valence-corrected chi connectivity index (χ4v) is 21.4. The van der Waals surface area contributed by atoms with Crippen molar-refractivity contribution in [2.75, 3.05) is 28.2 Å². The molecule has 114 heavy (non-hydrogen) atoms. The zero-order valence-electron chi connectivity index (χ0n) is 64.5. The molecule has 28 heteroatoms. The SMILES string of the molecule is Cc1noc2c1CC1(CC2)Cc2ccc(-c3cccc(C#N)c3)cc2C12N=C(N)N(C)O2.Cc1noc2c1CC1(CC2)Cc2ccc(Br)cc2C12N=C(N)N(C)O2.Cc1onc2c1CC1(CC2)Cc2ccc(-c3cccc(C#N)c3)cc2C12N=C(N)N(C)O2.Cc1onc2c1CC1(CC2)Cc2ccc(Br)cc2C12N=C(N)N(C)O2. The Morgan fingerprint density at radius 3 is 1.02 bits per heavy atom. The molecule has 8 heterocycles. The second-order valence-corrected chi connectivity index (χ2v) is 34.6. The molecule has 8 unspecified atom stereocenters. The molecule has 6 aromatic carbocycles. The number of halogens is 2. The summed E-state index contributed by atoms with van der Waals surface area (Å²) in [7, 11) is 7.24. The smallest absolute Gasteiger partial charge is 0.221 e. The number of fused-ring (bicyclic) bond motifs is 16. The number of benzene rings is 6. The Morgan fingerprint density at radius 1 is 0.368 bits per heavy atom. The third-order valence-electron chi connectivity index (χ3n) is 26.6. The lowest BCUT2D eigenvalue weighted by atomic mass is 9.66. The topological polar surface area (TPSA) is 355 Å². The van der Waals surface area contributed by atoms with Gasteiger partial charge >= 0.3 is 0 Å². The molecular formula is C86H84Br2N18O8. The monoisotopic (exact) mass is 1650 g/mol. The summed E-state index contributed by atoms with van der Waals surface area (Å²) < 4.78 is 24.1. The summed E-state index contributed by atoms with van der Waals surface area (Å²) >= 11 is 7.19. The molecule has 0 saturated carbocycles. The maximum Gasteiger partial charge on any atom is 0.221 e. The number of hydrogen-bond acceptors (Lipinski definition) is 26. The molecular weight excluding hydrogens is 1570 g/mol. The highest BCUT2D eigenvalue weighted by atomic mass is 79.9. The maximum atomic E-state index is 9.32. The van der Waals surface area contributed by atoms with Crippen molar-refractivity contribution in [3.8, 4) is 34.4 Å². The number of hydrogen-bond donors (Lipinski definition) is 4. The Morgan fingerprint density at radius 2 is 0.684 bits per heavy atom. The van der Waals surface area contributed by atoms with Gasteiger partial charge in [0, 0.05) is 116 Å². The Bertz CT molecular complexity index is 5580. The van der Waals surface area contributed by atoms with E-state index in [1.165, 1.54) is 33.4 Å². The van der Waals surface area contributed by atoms with Gasteiger partial charge in [0.25, 0.3) is 0 Å². The Labute approximate surface area is 674 Å². The number of aryl methyl sites for hydroxylation is 8. The lowest BCUT2D eigenvalue weighted by molar-refractivity contribution is -0.224. The van der Waals surface area contributed by atoms with Crippen molar-refractivity contribution in [1.82, 2.24) is 40.9 Å². The molecule has 580 valence electrons. The Hall–Kier alpha value is -11.0. The first kappa shape index (κ1) is 73.2. The van der Waals surface area contributed by atoms with Crippen molar-refractivity contribution >= 4 is 55.7 Å². The van der Waals surface area contributed by atoms with Crippen LogP contribution >= 0.6 is 31.9 Å². The van der Waals surface area contributed by atoms with E-state index in [9.17, 15) is 10.5 Å². The van der Waals surface area contributed by atoms with Gasteiger partial charge in [-0.1, -0.05) is 113 Å². The lowest BCUT2D eigenvalue weighted by Gasteiger charge is -2.43. The van der Waals surface area contributed by atoms with Crippen molar-refractivity contribution in [3.63, 3.8) is 0 Å². The number of hydroxylamine groups is 8. The summed E-state index contributed by atoms with van der Waals surface area (Å²) in [5, 5.41) is 41.8. The van der Waals surface area contributed by atoms with Gasteiger partial charge < -0.3 is 41.0 Å². The van der Waals surface area contributed by atoms with E-state index in [1.807, 2.05) is 90.3 Å². The van der Waals surface area contributed by atoms with E-state index in [4.69, 9.17) is 80.3 Å². The van der Waals surface area contributed by atoms with Crippen molar-refractivity contribution in [1.29, 1.82) is 10.5 Å². The number of nitriles is 2. The number of guanidine groups is 4. The molecule has 26 nitrogen and oxygen atoms in total. The van der Waals surface area contributed by atoms with E-state index >= 15 is 0 Å². The molecule has 0 amide bonds. The summed E-state index contributed by atoms with van der Waals surface area (Å²) in [6, 6.07) is 45.4. The lowest BCUT2D eigenvalue weighted by Crippen LogP contribution is -2.47. The number of aliphatic imine (C=N–C) groups is 4. The maximum absolute atomic E-state index is 9.32. The normalized spacial score (nSPS) is 27.6. The highest BCUT2D eigenvalue weighted by Crippen LogP contribution is 2.66. The van der Waals surface area contributed by atoms with Crippen molar-refractivity contribution in [3.05, 3.63) is 254 Å². The van der Waals surface area contributed by atoms with Crippen LogP contribution in [0.2, 0.25) is 0 Å². The first-order chi connectivity index (χ1) is 54.8. The van der Waals surface area contributed by atoms with Gasteiger partial charge in [0.05, 0.1) is 46.0 Å². The van der Waals surface area contributed by atoms with Crippen LogP contribution in [0, 0.1) is 72.0 Å². The number of rotatable bonds is 2. The Balaban J connectivity index is 0.000000103. The number of nitrogens with zero attached hydrogens (tertiary/aromatic N) is 14. The van der Waals surface area contributed by atoms with E-state index in [0.717, 1.165) is 213 Å². The zero-order valence-corrected chi connectivity index (χ0v) is 67.6.